The van der Waals surface area contributed by atoms with Gasteiger partial charge in [0, 0.05) is 18.0 Å². The van der Waals surface area contributed by atoms with Crippen LogP contribution in [0, 0.1) is 0 Å². The van der Waals surface area contributed by atoms with Gasteiger partial charge < -0.3 is 9.90 Å². The van der Waals surface area contributed by atoms with Crippen LogP contribution in [0.2, 0.25) is 0 Å². The monoisotopic (exact) mass is 322 g/mol. The lowest BCUT2D eigenvalue weighted by atomic mass is 10.1. The minimum Gasteiger partial charge on any atom is -0.544 e. The van der Waals surface area contributed by atoms with E-state index in [1.165, 1.54) is 9.69 Å². The van der Waals surface area contributed by atoms with Gasteiger partial charge in [0.15, 0.2) is 0 Å². The van der Waals surface area contributed by atoms with Crippen LogP contribution in [0.25, 0.3) is 0 Å². The molecule has 0 fully saturated rings. The van der Waals surface area contributed by atoms with Crippen LogP contribution in [0.5, 0.6) is 0 Å². The van der Waals surface area contributed by atoms with Gasteiger partial charge in [-0.1, -0.05) is 24.3 Å². The average Bonchev–Trinajstić information content (AvgIpc) is 3.05. The first-order valence-electron chi connectivity index (χ1n) is 6.31. The summed E-state index contributed by atoms with van der Waals surface area (Å²) in [7, 11) is -3.72. The van der Waals surface area contributed by atoms with Crippen molar-refractivity contribution in [2.75, 3.05) is 0 Å². The van der Waals surface area contributed by atoms with E-state index in [9.17, 15) is 18.3 Å². The predicted octanol–water partition coefficient (Wildman–Crippen LogP) is 1.38. The number of benzene rings is 1. The second kappa shape index (κ2) is 4.94. The van der Waals surface area contributed by atoms with Gasteiger partial charge in [-0.3, -0.25) is 0 Å². The summed E-state index contributed by atoms with van der Waals surface area (Å²) in [6, 6.07) is 8.46. The van der Waals surface area contributed by atoms with E-state index in [2.05, 4.69) is 0 Å². The number of carboxylic acids is 1. The van der Waals surface area contributed by atoms with Gasteiger partial charge in [0.05, 0.1) is 15.7 Å². The van der Waals surface area contributed by atoms with Crippen LogP contribution in [0.15, 0.2) is 40.6 Å². The molecule has 2 aromatic rings. The summed E-state index contributed by atoms with van der Waals surface area (Å²) in [6.07, 6.45) is 0. The lowest BCUT2D eigenvalue weighted by Gasteiger charge is -2.20. The van der Waals surface area contributed by atoms with Crippen molar-refractivity contribution in [1.82, 2.24) is 4.31 Å². The molecular formula is C14H12NO4S2-. The molecule has 0 amide bonds. The SMILES string of the molecule is C[C@H]1c2ccccc2CN1S(=O)(=O)c1csc(C(=O)[O-])c1. The standard InChI is InChI=1S/C14H13NO4S2/c1-9-12-5-3-2-4-10(12)7-15(9)21(18,19)11-6-13(14(16)17)20-8-11/h2-6,8-9H,7H2,1H3,(H,16,17)/p-1/t9-/m0/s1. The van der Waals surface area contributed by atoms with Gasteiger partial charge in [0.25, 0.3) is 0 Å². The van der Waals surface area contributed by atoms with Crippen LogP contribution in [0.3, 0.4) is 0 Å². The lowest BCUT2D eigenvalue weighted by molar-refractivity contribution is -0.254. The molecule has 1 aromatic heterocycles. The van der Waals surface area contributed by atoms with Crippen LogP contribution in [-0.2, 0) is 16.6 Å². The summed E-state index contributed by atoms with van der Waals surface area (Å²) in [4.78, 5) is 10.7. The molecule has 2 heterocycles. The van der Waals surface area contributed by atoms with Crippen LogP contribution in [0.1, 0.15) is 33.8 Å². The Morgan fingerprint density at radius 1 is 1.38 bits per heavy atom. The fourth-order valence-electron chi connectivity index (χ4n) is 2.54. The number of nitrogens with zero attached hydrogens (tertiary/aromatic N) is 1. The van der Waals surface area contributed by atoms with Gasteiger partial charge in [-0.05, 0) is 24.1 Å². The maximum absolute atomic E-state index is 12.7. The van der Waals surface area contributed by atoms with Gasteiger partial charge >= 0.3 is 0 Å². The zero-order chi connectivity index (χ0) is 15.2. The van der Waals surface area contributed by atoms with Crippen LogP contribution in [-0.4, -0.2) is 18.7 Å². The summed E-state index contributed by atoms with van der Waals surface area (Å²) in [5.74, 6) is -1.36. The number of aromatic carboxylic acids is 1. The van der Waals surface area contributed by atoms with Crippen molar-refractivity contribution in [2.24, 2.45) is 0 Å². The van der Waals surface area contributed by atoms with E-state index in [1.807, 2.05) is 31.2 Å². The van der Waals surface area contributed by atoms with Crippen molar-refractivity contribution in [3.63, 3.8) is 0 Å². The van der Waals surface area contributed by atoms with Gasteiger partial charge in [0.1, 0.15) is 0 Å². The highest BCUT2D eigenvalue weighted by Crippen LogP contribution is 2.38. The van der Waals surface area contributed by atoms with Crippen LogP contribution in [0.4, 0.5) is 0 Å². The fraction of sp³-hybridized carbons (Fsp3) is 0.214. The number of hydrogen-bond donors (Lipinski definition) is 0. The third-order valence-corrected chi connectivity index (χ3v) is 6.60. The molecule has 1 atom stereocenters. The van der Waals surface area contributed by atoms with Crippen molar-refractivity contribution in [2.45, 2.75) is 24.4 Å². The molecule has 0 saturated heterocycles. The smallest absolute Gasteiger partial charge is 0.244 e. The summed E-state index contributed by atoms with van der Waals surface area (Å²) in [5, 5.41) is 12.1. The number of carbonyl (C=O) groups is 1. The number of thiophene rings is 1. The number of carbonyl (C=O) groups excluding carboxylic acids is 1. The molecule has 110 valence electrons. The maximum Gasteiger partial charge on any atom is 0.244 e. The molecule has 5 nitrogen and oxygen atoms in total. The van der Waals surface area contributed by atoms with Crippen molar-refractivity contribution in [3.8, 4) is 0 Å². The second-order valence-corrected chi connectivity index (χ2v) is 7.66. The first-order valence-corrected chi connectivity index (χ1v) is 8.63. The van der Waals surface area contributed by atoms with Crippen molar-refractivity contribution >= 4 is 27.3 Å². The third kappa shape index (κ3) is 2.27. The Morgan fingerprint density at radius 3 is 2.71 bits per heavy atom. The first kappa shape index (κ1) is 14.2. The molecule has 21 heavy (non-hydrogen) atoms. The molecular weight excluding hydrogens is 310 g/mol. The van der Waals surface area contributed by atoms with E-state index in [0.717, 1.165) is 28.5 Å². The Kier molecular flexibility index (Phi) is 3.35. The summed E-state index contributed by atoms with van der Waals surface area (Å²) < 4.78 is 26.7. The normalized spacial score (nSPS) is 18.6. The summed E-state index contributed by atoms with van der Waals surface area (Å²) in [5.41, 5.74) is 1.96. The molecule has 3 rings (SSSR count). The average molecular weight is 322 g/mol. The van der Waals surface area contributed by atoms with Gasteiger partial charge in [-0.15, -0.1) is 11.3 Å². The van der Waals surface area contributed by atoms with E-state index in [4.69, 9.17) is 0 Å². The number of fused-ring (bicyclic) bond motifs is 1. The topological polar surface area (TPSA) is 77.5 Å². The van der Waals surface area contributed by atoms with Crippen molar-refractivity contribution < 1.29 is 18.3 Å². The van der Waals surface area contributed by atoms with E-state index in [0.29, 0.717) is 6.54 Å². The molecule has 0 radical (unpaired) electrons. The van der Waals surface area contributed by atoms with Gasteiger partial charge in [0.2, 0.25) is 10.0 Å². The van der Waals surface area contributed by atoms with Crippen molar-refractivity contribution in [3.05, 3.63) is 51.7 Å². The lowest BCUT2D eigenvalue weighted by Crippen LogP contribution is -2.28. The van der Waals surface area contributed by atoms with Gasteiger partial charge in [-0.25, -0.2) is 8.42 Å². The predicted molar refractivity (Wildman–Crippen MR) is 76.2 cm³/mol. The highest BCUT2D eigenvalue weighted by atomic mass is 32.2. The largest absolute Gasteiger partial charge is 0.544 e. The molecule has 1 aromatic carbocycles. The maximum atomic E-state index is 12.7. The summed E-state index contributed by atoms with van der Waals surface area (Å²) >= 11 is 0.861. The first-order chi connectivity index (χ1) is 9.91. The van der Waals surface area contributed by atoms with Crippen LogP contribution >= 0.6 is 11.3 Å². The molecule has 1 aliphatic rings. The number of hydrogen-bond acceptors (Lipinski definition) is 5. The summed E-state index contributed by atoms with van der Waals surface area (Å²) in [6.45, 7) is 2.13. The zero-order valence-electron chi connectivity index (χ0n) is 11.1. The van der Waals surface area contributed by atoms with E-state index < -0.39 is 16.0 Å². The Labute approximate surface area is 126 Å². The quantitative estimate of drug-likeness (QED) is 0.855. The minimum absolute atomic E-state index is 0.00589. The number of sulfonamides is 1. The number of rotatable bonds is 3. The fourth-order valence-corrected chi connectivity index (χ4v) is 5.22. The van der Waals surface area contributed by atoms with Gasteiger partial charge in [-0.2, -0.15) is 4.31 Å². The minimum atomic E-state index is -3.72. The Balaban J connectivity index is 1.98. The molecule has 1 aliphatic heterocycles. The zero-order valence-corrected chi connectivity index (χ0v) is 12.8. The van der Waals surface area contributed by atoms with E-state index in [1.54, 1.807) is 0 Å². The molecule has 0 N–H and O–H groups in total. The molecule has 0 bridgehead atoms. The number of carboxylic acid groups (broad SMARTS) is 1. The highest BCUT2D eigenvalue weighted by molar-refractivity contribution is 7.89. The van der Waals surface area contributed by atoms with Crippen LogP contribution < -0.4 is 5.11 Å². The highest BCUT2D eigenvalue weighted by Gasteiger charge is 2.36. The molecule has 0 spiro atoms. The Hall–Kier alpha value is -1.70. The Morgan fingerprint density at radius 2 is 2.10 bits per heavy atom. The molecule has 0 aliphatic carbocycles. The third-order valence-electron chi connectivity index (χ3n) is 3.65. The van der Waals surface area contributed by atoms with E-state index >= 15 is 0 Å². The molecule has 0 saturated carbocycles. The van der Waals surface area contributed by atoms with E-state index in [-0.39, 0.29) is 15.8 Å². The molecule has 7 heteroatoms. The van der Waals surface area contributed by atoms with Crippen molar-refractivity contribution in [1.29, 1.82) is 0 Å². The Bertz CT molecular complexity index is 810. The molecule has 0 unspecified atom stereocenters. The second-order valence-electron chi connectivity index (χ2n) is 4.86.